The van der Waals surface area contributed by atoms with Crippen molar-refractivity contribution in [3.63, 3.8) is 0 Å². The lowest BCUT2D eigenvalue weighted by molar-refractivity contribution is -0.119. The second-order valence-corrected chi connectivity index (χ2v) is 4.91. The number of hydrogen-bond acceptors (Lipinski definition) is 3. The summed E-state index contributed by atoms with van der Waals surface area (Å²) in [4.78, 5) is 5.54. The van der Waals surface area contributed by atoms with Gasteiger partial charge in [0.25, 0.3) is 0 Å². The highest BCUT2D eigenvalue weighted by molar-refractivity contribution is 5.92. The van der Waals surface area contributed by atoms with Crippen LogP contribution in [0.4, 0.5) is 19.0 Å². The van der Waals surface area contributed by atoms with Gasteiger partial charge in [-0.25, -0.2) is 4.98 Å². The smallest absolute Gasteiger partial charge is 0.350 e. The van der Waals surface area contributed by atoms with Crippen LogP contribution in [0.25, 0.3) is 10.8 Å². The first-order chi connectivity index (χ1) is 9.90. The molecule has 1 aromatic heterocycles. The van der Waals surface area contributed by atoms with Crippen molar-refractivity contribution in [2.45, 2.75) is 19.6 Å². The molecule has 0 radical (unpaired) electrons. The molecule has 0 atom stereocenters. The SMILES string of the molecule is CCNCc1cc2ccccc2c(N(C)CC(F)(F)F)n1. The third-order valence-electron chi connectivity index (χ3n) is 3.11. The highest BCUT2D eigenvalue weighted by Gasteiger charge is 2.30. The second kappa shape index (κ2) is 6.30. The summed E-state index contributed by atoms with van der Waals surface area (Å²) in [5.41, 5.74) is 0.736. The maximum atomic E-state index is 12.6. The molecular formula is C15H18F3N3. The Morgan fingerprint density at radius 3 is 2.62 bits per heavy atom. The Morgan fingerprint density at radius 2 is 1.95 bits per heavy atom. The summed E-state index contributed by atoms with van der Waals surface area (Å²) in [6.07, 6.45) is -4.25. The van der Waals surface area contributed by atoms with Gasteiger partial charge in [0.1, 0.15) is 12.4 Å². The van der Waals surface area contributed by atoms with E-state index in [1.165, 1.54) is 7.05 Å². The predicted octanol–water partition coefficient (Wildman–Crippen LogP) is 3.34. The molecule has 1 N–H and O–H groups in total. The van der Waals surface area contributed by atoms with E-state index in [2.05, 4.69) is 10.3 Å². The van der Waals surface area contributed by atoms with Crippen LogP contribution < -0.4 is 10.2 Å². The Morgan fingerprint density at radius 1 is 1.24 bits per heavy atom. The summed E-state index contributed by atoms with van der Waals surface area (Å²) >= 11 is 0. The molecule has 1 heterocycles. The number of benzene rings is 1. The minimum absolute atomic E-state index is 0.360. The molecule has 1 aromatic carbocycles. The molecule has 0 unspecified atom stereocenters. The maximum absolute atomic E-state index is 12.6. The molecule has 2 rings (SSSR count). The molecule has 0 amide bonds. The second-order valence-electron chi connectivity index (χ2n) is 4.91. The summed E-state index contributed by atoms with van der Waals surface area (Å²) in [6, 6.07) is 9.26. The molecule has 0 aliphatic heterocycles. The van der Waals surface area contributed by atoms with Gasteiger partial charge in [-0.3, -0.25) is 0 Å². The van der Waals surface area contributed by atoms with Crippen molar-refractivity contribution >= 4 is 16.6 Å². The fourth-order valence-corrected chi connectivity index (χ4v) is 2.21. The number of aromatic nitrogens is 1. The zero-order valence-corrected chi connectivity index (χ0v) is 12.0. The zero-order valence-electron chi connectivity index (χ0n) is 12.0. The zero-order chi connectivity index (χ0) is 15.5. The Balaban J connectivity index is 2.43. The molecule has 2 aromatic rings. The maximum Gasteiger partial charge on any atom is 0.405 e. The minimum Gasteiger partial charge on any atom is -0.350 e. The van der Waals surface area contributed by atoms with Gasteiger partial charge in [0.05, 0.1) is 5.69 Å². The molecular weight excluding hydrogens is 279 g/mol. The molecule has 0 bridgehead atoms. The van der Waals surface area contributed by atoms with Gasteiger partial charge in [0.15, 0.2) is 0 Å². The number of alkyl halides is 3. The van der Waals surface area contributed by atoms with Gasteiger partial charge in [-0.05, 0) is 18.0 Å². The third kappa shape index (κ3) is 4.07. The van der Waals surface area contributed by atoms with E-state index in [4.69, 9.17) is 0 Å². The Bertz CT molecular complexity index is 611. The number of hydrogen-bond donors (Lipinski definition) is 1. The largest absolute Gasteiger partial charge is 0.405 e. The van der Waals surface area contributed by atoms with Gasteiger partial charge in [-0.1, -0.05) is 31.2 Å². The highest BCUT2D eigenvalue weighted by Crippen LogP contribution is 2.27. The molecule has 0 spiro atoms. The van der Waals surface area contributed by atoms with Crippen LogP contribution >= 0.6 is 0 Å². The summed E-state index contributed by atoms with van der Waals surface area (Å²) < 4.78 is 37.8. The monoisotopic (exact) mass is 297 g/mol. The van der Waals surface area contributed by atoms with Crippen molar-refractivity contribution in [2.75, 3.05) is 25.0 Å². The molecule has 6 heteroatoms. The lowest BCUT2D eigenvalue weighted by atomic mass is 10.1. The normalized spacial score (nSPS) is 11.9. The average molecular weight is 297 g/mol. The highest BCUT2D eigenvalue weighted by atomic mass is 19.4. The Labute approximate surface area is 121 Å². The molecule has 0 saturated heterocycles. The van der Waals surface area contributed by atoms with E-state index in [-0.39, 0.29) is 0 Å². The molecule has 0 saturated carbocycles. The van der Waals surface area contributed by atoms with E-state index in [9.17, 15) is 13.2 Å². The summed E-state index contributed by atoms with van der Waals surface area (Å²) in [6.45, 7) is 2.27. The fourth-order valence-electron chi connectivity index (χ4n) is 2.21. The van der Waals surface area contributed by atoms with E-state index >= 15 is 0 Å². The van der Waals surface area contributed by atoms with Crippen LogP contribution in [0.3, 0.4) is 0 Å². The van der Waals surface area contributed by atoms with Crippen molar-refractivity contribution in [3.05, 3.63) is 36.0 Å². The van der Waals surface area contributed by atoms with Crippen LogP contribution in [0, 0.1) is 0 Å². The molecule has 3 nitrogen and oxygen atoms in total. The Hall–Kier alpha value is -1.82. The average Bonchev–Trinajstić information content (AvgIpc) is 2.42. The van der Waals surface area contributed by atoms with Crippen molar-refractivity contribution in [1.29, 1.82) is 0 Å². The van der Waals surface area contributed by atoms with Crippen LogP contribution in [-0.4, -0.2) is 31.3 Å². The first kappa shape index (κ1) is 15.6. The summed E-state index contributed by atoms with van der Waals surface area (Å²) in [5.74, 6) is 0.360. The van der Waals surface area contributed by atoms with Crippen LogP contribution in [0.1, 0.15) is 12.6 Å². The molecule has 0 fully saturated rings. The Kier molecular flexibility index (Phi) is 4.67. The number of halogens is 3. The molecule has 21 heavy (non-hydrogen) atoms. The van der Waals surface area contributed by atoms with Crippen LogP contribution in [0.5, 0.6) is 0 Å². The van der Waals surface area contributed by atoms with Gasteiger partial charge in [-0.15, -0.1) is 0 Å². The standard InChI is InChI=1S/C15H18F3N3/c1-3-19-9-12-8-11-6-4-5-7-13(11)14(20-12)21(2)10-15(16,17)18/h4-8,19H,3,9-10H2,1-2H3. The number of anilines is 1. The summed E-state index contributed by atoms with van der Waals surface area (Å²) in [5, 5.41) is 4.76. The third-order valence-corrected chi connectivity index (χ3v) is 3.11. The number of pyridine rings is 1. The van der Waals surface area contributed by atoms with Crippen molar-refractivity contribution < 1.29 is 13.2 Å². The van der Waals surface area contributed by atoms with Crippen molar-refractivity contribution in [3.8, 4) is 0 Å². The summed E-state index contributed by atoms with van der Waals surface area (Å²) in [7, 11) is 1.42. The first-order valence-corrected chi connectivity index (χ1v) is 6.78. The van der Waals surface area contributed by atoms with Crippen LogP contribution in [-0.2, 0) is 6.54 Å². The van der Waals surface area contributed by atoms with Gasteiger partial charge < -0.3 is 10.2 Å². The number of fused-ring (bicyclic) bond motifs is 1. The van der Waals surface area contributed by atoms with Gasteiger partial charge in [0.2, 0.25) is 0 Å². The first-order valence-electron chi connectivity index (χ1n) is 6.78. The van der Waals surface area contributed by atoms with Crippen molar-refractivity contribution in [2.24, 2.45) is 0 Å². The van der Waals surface area contributed by atoms with E-state index < -0.39 is 12.7 Å². The van der Waals surface area contributed by atoms with E-state index in [1.54, 1.807) is 12.1 Å². The minimum atomic E-state index is -4.25. The lowest BCUT2D eigenvalue weighted by Gasteiger charge is -2.22. The van der Waals surface area contributed by atoms with Crippen LogP contribution in [0.2, 0.25) is 0 Å². The molecule has 0 aliphatic carbocycles. The van der Waals surface area contributed by atoms with Crippen molar-refractivity contribution in [1.82, 2.24) is 10.3 Å². The molecule has 0 aliphatic rings. The van der Waals surface area contributed by atoms with Crippen LogP contribution in [0.15, 0.2) is 30.3 Å². The fraction of sp³-hybridized carbons (Fsp3) is 0.400. The van der Waals surface area contributed by atoms with Gasteiger partial charge in [0, 0.05) is 19.0 Å². The van der Waals surface area contributed by atoms with E-state index in [0.29, 0.717) is 12.4 Å². The van der Waals surface area contributed by atoms with E-state index in [0.717, 1.165) is 27.9 Å². The van der Waals surface area contributed by atoms with E-state index in [1.807, 2.05) is 25.1 Å². The predicted molar refractivity (Wildman–Crippen MR) is 78.4 cm³/mol. The van der Waals surface area contributed by atoms with Gasteiger partial charge >= 0.3 is 6.18 Å². The van der Waals surface area contributed by atoms with Gasteiger partial charge in [-0.2, -0.15) is 13.2 Å². The lowest BCUT2D eigenvalue weighted by Crippen LogP contribution is -2.31. The number of rotatable bonds is 5. The quantitative estimate of drug-likeness (QED) is 0.917. The number of nitrogens with zero attached hydrogens (tertiary/aromatic N) is 2. The topological polar surface area (TPSA) is 28.2 Å². The number of nitrogens with one attached hydrogen (secondary N) is 1. The molecule has 114 valence electrons.